The molecule has 0 spiro atoms. The second-order valence-electron chi connectivity index (χ2n) is 5.45. The van der Waals surface area contributed by atoms with Gasteiger partial charge in [-0.15, -0.1) is 13.2 Å². The number of hydrogen-bond acceptors (Lipinski definition) is 2. The van der Waals surface area contributed by atoms with Gasteiger partial charge in [-0.1, -0.05) is 24.3 Å². The van der Waals surface area contributed by atoms with E-state index >= 15 is 0 Å². The zero-order valence-corrected chi connectivity index (χ0v) is 12.1. The second kappa shape index (κ2) is 5.61. The van der Waals surface area contributed by atoms with E-state index in [1.54, 1.807) is 30.3 Å². The van der Waals surface area contributed by atoms with Crippen molar-refractivity contribution >= 4 is 5.91 Å². The molecule has 0 saturated carbocycles. The summed E-state index contributed by atoms with van der Waals surface area (Å²) < 4.78 is 41.2. The molecule has 0 saturated heterocycles. The maximum Gasteiger partial charge on any atom is 0.573 e. The number of nitrogens with two attached hydrogens (primary N) is 1. The highest BCUT2D eigenvalue weighted by atomic mass is 19.4. The highest BCUT2D eigenvalue weighted by Crippen LogP contribution is 2.41. The van der Waals surface area contributed by atoms with E-state index in [0.717, 1.165) is 29.5 Å². The van der Waals surface area contributed by atoms with E-state index in [9.17, 15) is 18.0 Å². The van der Waals surface area contributed by atoms with Gasteiger partial charge in [-0.25, -0.2) is 0 Å². The maximum atomic E-state index is 12.4. The zero-order valence-electron chi connectivity index (χ0n) is 12.1. The quantitative estimate of drug-likeness (QED) is 0.936. The average molecular weight is 321 g/mol. The summed E-state index contributed by atoms with van der Waals surface area (Å²) in [7, 11) is 0. The monoisotopic (exact) mass is 321 g/mol. The Balaban J connectivity index is 2.01. The van der Waals surface area contributed by atoms with Gasteiger partial charge in [-0.05, 0) is 47.7 Å². The first-order valence-electron chi connectivity index (χ1n) is 7.12. The van der Waals surface area contributed by atoms with Crippen LogP contribution in [0, 0.1) is 0 Å². The third-order valence-corrected chi connectivity index (χ3v) is 4.03. The van der Waals surface area contributed by atoms with Crippen LogP contribution in [-0.2, 0) is 6.42 Å². The first-order chi connectivity index (χ1) is 10.8. The lowest BCUT2D eigenvalue weighted by molar-refractivity contribution is -0.274. The van der Waals surface area contributed by atoms with Gasteiger partial charge in [0.1, 0.15) is 5.75 Å². The van der Waals surface area contributed by atoms with Crippen LogP contribution in [0.2, 0.25) is 0 Å². The van der Waals surface area contributed by atoms with Crippen molar-refractivity contribution in [3.63, 3.8) is 0 Å². The first kappa shape index (κ1) is 15.4. The summed E-state index contributed by atoms with van der Waals surface area (Å²) in [6.45, 7) is 0. The van der Waals surface area contributed by atoms with Gasteiger partial charge in [0, 0.05) is 11.5 Å². The molecule has 23 heavy (non-hydrogen) atoms. The predicted octanol–water partition coefficient (Wildman–Crippen LogP) is 3.76. The summed E-state index contributed by atoms with van der Waals surface area (Å²) in [5, 5.41) is 0. The van der Waals surface area contributed by atoms with E-state index in [4.69, 9.17) is 5.73 Å². The number of carbonyl (C=O) groups excluding carboxylic acids is 1. The van der Waals surface area contributed by atoms with Crippen LogP contribution >= 0.6 is 0 Å². The molecule has 0 aliphatic heterocycles. The average Bonchev–Trinajstić information content (AvgIpc) is 2.88. The minimum Gasteiger partial charge on any atom is -0.406 e. The van der Waals surface area contributed by atoms with Gasteiger partial charge in [-0.2, -0.15) is 0 Å². The maximum absolute atomic E-state index is 12.4. The van der Waals surface area contributed by atoms with E-state index in [0.29, 0.717) is 5.56 Å². The molecule has 0 bridgehead atoms. The molecular weight excluding hydrogens is 307 g/mol. The summed E-state index contributed by atoms with van der Waals surface area (Å²) in [5.74, 6) is -0.957. The summed E-state index contributed by atoms with van der Waals surface area (Å²) >= 11 is 0. The van der Waals surface area contributed by atoms with Gasteiger partial charge in [0.25, 0.3) is 0 Å². The molecule has 1 aliphatic rings. The number of rotatable bonds is 3. The molecule has 1 amide bonds. The molecule has 0 unspecified atom stereocenters. The van der Waals surface area contributed by atoms with Crippen LogP contribution in [0.4, 0.5) is 13.2 Å². The highest BCUT2D eigenvalue weighted by molar-refractivity contribution is 5.94. The van der Waals surface area contributed by atoms with E-state index in [1.807, 2.05) is 0 Å². The second-order valence-corrected chi connectivity index (χ2v) is 5.45. The third kappa shape index (κ3) is 3.16. The Morgan fingerprint density at radius 3 is 2.57 bits per heavy atom. The van der Waals surface area contributed by atoms with Crippen LogP contribution in [0.5, 0.6) is 5.75 Å². The van der Waals surface area contributed by atoms with Crippen LogP contribution in [0.1, 0.15) is 39.4 Å². The molecule has 2 aromatic carbocycles. The fourth-order valence-electron chi connectivity index (χ4n) is 3.13. The lowest BCUT2D eigenvalue weighted by Gasteiger charge is -2.16. The number of primary amides is 1. The number of fused-ring (bicyclic) bond motifs is 1. The Hall–Kier alpha value is -2.50. The Labute approximate surface area is 130 Å². The number of halogens is 3. The Morgan fingerprint density at radius 2 is 1.87 bits per heavy atom. The first-order valence-corrected chi connectivity index (χ1v) is 7.12. The normalized spacial score (nSPS) is 16.9. The van der Waals surface area contributed by atoms with Crippen molar-refractivity contribution in [2.75, 3.05) is 0 Å². The summed E-state index contributed by atoms with van der Waals surface area (Å²) in [5.41, 5.74) is 8.25. The molecular formula is C17H14F3NO2. The molecule has 0 fully saturated rings. The molecule has 2 N–H and O–H groups in total. The Kier molecular flexibility index (Phi) is 3.75. The predicted molar refractivity (Wildman–Crippen MR) is 78.2 cm³/mol. The number of aryl methyl sites for hydroxylation is 1. The summed E-state index contributed by atoms with van der Waals surface area (Å²) in [4.78, 5) is 11.6. The lowest BCUT2D eigenvalue weighted by atomic mass is 9.89. The molecule has 120 valence electrons. The van der Waals surface area contributed by atoms with Gasteiger partial charge in [0.05, 0.1) is 0 Å². The van der Waals surface area contributed by atoms with Crippen LogP contribution in [0.25, 0.3) is 0 Å². The number of carbonyl (C=O) groups is 1. The van der Waals surface area contributed by atoms with Crippen molar-refractivity contribution in [2.45, 2.75) is 25.1 Å². The number of hydrogen-bond donors (Lipinski definition) is 1. The molecule has 3 rings (SSSR count). The molecule has 1 aliphatic carbocycles. The largest absolute Gasteiger partial charge is 0.573 e. The smallest absolute Gasteiger partial charge is 0.406 e. The number of ether oxygens (including phenoxy) is 1. The van der Waals surface area contributed by atoms with Crippen molar-refractivity contribution in [3.05, 3.63) is 64.7 Å². The Bertz CT molecular complexity index is 756. The summed E-state index contributed by atoms with van der Waals surface area (Å²) in [6.07, 6.45) is -3.28. The van der Waals surface area contributed by atoms with Crippen molar-refractivity contribution in [1.82, 2.24) is 0 Å². The molecule has 2 aromatic rings. The van der Waals surface area contributed by atoms with Crippen molar-refractivity contribution in [2.24, 2.45) is 5.73 Å². The minimum atomic E-state index is -4.73. The minimum absolute atomic E-state index is 0.162. The van der Waals surface area contributed by atoms with Crippen molar-refractivity contribution < 1.29 is 22.7 Å². The van der Waals surface area contributed by atoms with Gasteiger partial charge in [0.2, 0.25) is 5.91 Å². The van der Waals surface area contributed by atoms with Crippen LogP contribution in [0.3, 0.4) is 0 Å². The molecule has 1 atom stereocenters. The lowest BCUT2D eigenvalue weighted by Crippen LogP contribution is -2.17. The number of alkyl halides is 3. The molecule has 0 radical (unpaired) electrons. The van der Waals surface area contributed by atoms with Gasteiger partial charge in [0.15, 0.2) is 0 Å². The third-order valence-electron chi connectivity index (χ3n) is 4.03. The summed E-state index contributed by atoms with van der Waals surface area (Å²) in [6, 6.07) is 11.3. The van der Waals surface area contributed by atoms with Crippen molar-refractivity contribution in [1.29, 1.82) is 0 Å². The zero-order chi connectivity index (χ0) is 16.6. The SMILES string of the molecule is NC(=O)c1ccccc1[C@@H]1CCc2ccc(OC(F)(F)F)cc21. The highest BCUT2D eigenvalue weighted by Gasteiger charge is 2.33. The topological polar surface area (TPSA) is 52.3 Å². The molecule has 3 nitrogen and oxygen atoms in total. The van der Waals surface area contributed by atoms with Gasteiger partial charge >= 0.3 is 6.36 Å². The van der Waals surface area contributed by atoms with E-state index in [1.165, 1.54) is 12.1 Å². The number of benzene rings is 2. The van der Waals surface area contributed by atoms with Crippen molar-refractivity contribution in [3.8, 4) is 5.75 Å². The van der Waals surface area contributed by atoms with E-state index in [-0.39, 0.29) is 11.7 Å². The van der Waals surface area contributed by atoms with Crippen LogP contribution in [0.15, 0.2) is 42.5 Å². The van der Waals surface area contributed by atoms with E-state index in [2.05, 4.69) is 4.74 Å². The molecule has 0 heterocycles. The Morgan fingerprint density at radius 1 is 1.13 bits per heavy atom. The standard InChI is InChI=1S/C17H14F3NO2/c18-17(19,20)23-11-7-5-10-6-8-13(15(10)9-11)12-3-1-2-4-14(12)16(21)22/h1-5,7,9,13H,6,8H2,(H2,21,22)/t13-/m0/s1. The molecule has 6 heteroatoms. The molecule has 0 aromatic heterocycles. The van der Waals surface area contributed by atoms with Crippen LogP contribution in [-0.4, -0.2) is 12.3 Å². The van der Waals surface area contributed by atoms with E-state index < -0.39 is 12.3 Å². The fraction of sp³-hybridized carbons (Fsp3) is 0.235. The fourth-order valence-corrected chi connectivity index (χ4v) is 3.13. The van der Waals surface area contributed by atoms with Gasteiger partial charge < -0.3 is 10.5 Å². The van der Waals surface area contributed by atoms with Gasteiger partial charge in [-0.3, -0.25) is 4.79 Å². The van der Waals surface area contributed by atoms with Crippen LogP contribution < -0.4 is 10.5 Å². The number of amides is 1.